The van der Waals surface area contributed by atoms with Gasteiger partial charge in [0, 0.05) is 34.5 Å². The van der Waals surface area contributed by atoms with Crippen LogP contribution in [0.1, 0.15) is 23.9 Å². The third kappa shape index (κ3) is 5.17. The molecular formula is C36H27FN4OPt. The average Bonchev–Trinajstić information content (AvgIpc) is 3.49. The summed E-state index contributed by atoms with van der Waals surface area (Å²) in [4.78, 5) is 4.64. The van der Waals surface area contributed by atoms with Crippen LogP contribution in [-0.2, 0) is 27.5 Å². The summed E-state index contributed by atoms with van der Waals surface area (Å²) in [5.41, 5.74) is 7.77. The van der Waals surface area contributed by atoms with Crippen LogP contribution in [-0.4, -0.2) is 19.3 Å². The Morgan fingerprint density at radius 1 is 0.837 bits per heavy atom. The first kappa shape index (κ1) is 28.6. The Morgan fingerprint density at radius 3 is 2.47 bits per heavy atom. The number of rotatable bonds is 6. The number of ether oxygens (including phenoxy) is 1. The first-order valence-electron chi connectivity index (χ1n) is 13.9. The van der Waals surface area contributed by atoms with Gasteiger partial charge in [-0.15, -0.1) is 35.7 Å². The predicted molar refractivity (Wildman–Crippen MR) is 164 cm³/mol. The van der Waals surface area contributed by atoms with Gasteiger partial charge in [-0.05, 0) is 72.8 Å². The van der Waals surface area contributed by atoms with Crippen molar-refractivity contribution in [1.82, 2.24) is 19.3 Å². The Labute approximate surface area is 263 Å². The van der Waals surface area contributed by atoms with E-state index in [1.807, 2.05) is 70.8 Å². The van der Waals surface area contributed by atoms with Crippen LogP contribution in [0, 0.1) is 31.8 Å². The third-order valence-corrected chi connectivity index (χ3v) is 7.61. The number of hydrogen-bond acceptors (Lipinski definition) is 3. The predicted octanol–water partition coefficient (Wildman–Crippen LogP) is 8.74. The Bertz CT molecular complexity index is 2100. The van der Waals surface area contributed by atoms with E-state index in [1.54, 1.807) is 18.3 Å². The normalized spacial score (nSPS) is 11.2. The molecule has 0 saturated carbocycles. The van der Waals surface area contributed by atoms with Gasteiger partial charge in [0.05, 0.1) is 5.69 Å². The van der Waals surface area contributed by atoms with Crippen molar-refractivity contribution in [2.75, 3.05) is 0 Å². The van der Waals surface area contributed by atoms with E-state index in [0.29, 0.717) is 11.5 Å². The molecule has 0 bridgehead atoms. The minimum Gasteiger partial charge on any atom is -0.509 e. The second kappa shape index (κ2) is 11.6. The average molecular weight is 746 g/mol. The van der Waals surface area contributed by atoms with Crippen LogP contribution >= 0.6 is 0 Å². The maximum atomic E-state index is 14.3. The summed E-state index contributed by atoms with van der Waals surface area (Å²) in [6.45, 7) is 6.19. The van der Waals surface area contributed by atoms with Gasteiger partial charge in [-0.1, -0.05) is 42.8 Å². The van der Waals surface area contributed by atoms with E-state index < -0.39 is 0 Å². The molecular weight excluding hydrogens is 718 g/mol. The summed E-state index contributed by atoms with van der Waals surface area (Å²) < 4.78 is 24.5. The van der Waals surface area contributed by atoms with Gasteiger partial charge >= 0.3 is 21.1 Å². The van der Waals surface area contributed by atoms with E-state index in [9.17, 15) is 4.39 Å². The summed E-state index contributed by atoms with van der Waals surface area (Å²) >= 11 is 0. The fraction of sp³-hybridized carbons (Fsp3) is 0.111. The quantitative estimate of drug-likeness (QED) is 0.160. The Hall–Kier alpha value is -4.54. The largest absolute Gasteiger partial charge is 2.00 e. The number of pyridine rings is 1. The number of fused-ring (bicyclic) bond motifs is 3. The number of hydrogen-bond donors (Lipinski definition) is 0. The maximum absolute atomic E-state index is 14.3. The van der Waals surface area contributed by atoms with Gasteiger partial charge in [0.15, 0.2) is 0 Å². The van der Waals surface area contributed by atoms with Crippen LogP contribution in [0.5, 0.6) is 11.5 Å². The van der Waals surface area contributed by atoms with Crippen molar-refractivity contribution < 1.29 is 30.2 Å². The van der Waals surface area contributed by atoms with E-state index in [0.717, 1.165) is 67.8 Å². The van der Waals surface area contributed by atoms with Crippen LogP contribution in [0.4, 0.5) is 4.39 Å². The molecule has 0 radical (unpaired) electrons. The van der Waals surface area contributed by atoms with Crippen LogP contribution in [0.25, 0.3) is 44.4 Å². The summed E-state index contributed by atoms with van der Waals surface area (Å²) in [5.74, 6) is 1.52. The first-order valence-corrected chi connectivity index (χ1v) is 13.9. The number of benzene rings is 4. The standard InChI is InChI=1S/C36H27FN4O.Pt/c1-4-25-17-18-38-35(19-25)40-33-16-13-27(37)20-32(33)31-15-14-30(22-34(31)40)42-29-12-8-11-28(21-29)41-24(3)36(23(2)39-41)26-9-6-5-7-10-26;/h5-20H,4H2,1-3H3;/q-2;+2. The van der Waals surface area contributed by atoms with Crippen molar-refractivity contribution >= 4 is 21.8 Å². The summed E-state index contributed by atoms with van der Waals surface area (Å²) in [7, 11) is 0. The van der Waals surface area contributed by atoms with E-state index in [-0.39, 0.29) is 26.9 Å². The zero-order chi connectivity index (χ0) is 28.8. The van der Waals surface area contributed by atoms with Crippen molar-refractivity contribution in [1.29, 1.82) is 0 Å². The van der Waals surface area contributed by atoms with Gasteiger partial charge in [-0.3, -0.25) is 4.68 Å². The number of halogens is 1. The summed E-state index contributed by atoms with van der Waals surface area (Å²) in [6, 6.07) is 35.5. The van der Waals surface area contributed by atoms with Gasteiger partial charge < -0.3 is 9.30 Å². The Morgan fingerprint density at radius 2 is 1.65 bits per heavy atom. The zero-order valence-electron chi connectivity index (χ0n) is 23.8. The van der Waals surface area contributed by atoms with E-state index in [1.165, 1.54) is 6.07 Å². The molecule has 0 fully saturated rings. The molecule has 0 N–H and O–H groups in total. The molecule has 0 saturated heterocycles. The van der Waals surface area contributed by atoms with E-state index >= 15 is 0 Å². The fourth-order valence-corrected chi connectivity index (χ4v) is 5.63. The van der Waals surface area contributed by atoms with E-state index in [2.05, 4.69) is 49.2 Å². The molecule has 43 heavy (non-hydrogen) atoms. The molecule has 0 amide bonds. The van der Waals surface area contributed by atoms with Crippen molar-refractivity contribution in [2.24, 2.45) is 0 Å². The van der Waals surface area contributed by atoms with Crippen LogP contribution in [0.15, 0.2) is 97.2 Å². The second-order valence-corrected chi connectivity index (χ2v) is 10.3. The van der Waals surface area contributed by atoms with Crippen LogP contribution in [0.2, 0.25) is 0 Å². The van der Waals surface area contributed by atoms with Gasteiger partial charge in [-0.2, -0.15) is 17.2 Å². The topological polar surface area (TPSA) is 44.9 Å². The number of nitrogens with zero attached hydrogens (tertiary/aromatic N) is 4. The third-order valence-electron chi connectivity index (χ3n) is 7.61. The van der Waals surface area contributed by atoms with Crippen LogP contribution < -0.4 is 4.74 Å². The second-order valence-electron chi connectivity index (χ2n) is 10.3. The van der Waals surface area contributed by atoms with Gasteiger partial charge in [0.2, 0.25) is 0 Å². The first-order chi connectivity index (χ1) is 20.5. The molecule has 5 nitrogen and oxygen atoms in total. The monoisotopic (exact) mass is 745 g/mol. The van der Waals surface area contributed by atoms with Gasteiger partial charge in [0.1, 0.15) is 11.6 Å². The maximum Gasteiger partial charge on any atom is 2.00 e. The SMILES string of the molecule is CCc1ccnc(-n2c3[c-]c(Oc4[c-]c(-n5nc(C)c(-c6ccccc6)c5C)ccc4)ccc3c3cc(F)ccc32)c1.[Pt+2]. The Balaban J connectivity index is 0.00000329. The molecule has 0 aliphatic heterocycles. The zero-order valence-corrected chi connectivity index (χ0v) is 26.1. The van der Waals surface area contributed by atoms with Gasteiger partial charge in [0.25, 0.3) is 0 Å². The summed E-state index contributed by atoms with van der Waals surface area (Å²) in [6.07, 6.45) is 2.69. The fourth-order valence-electron chi connectivity index (χ4n) is 5.63. The molecule has 7 rings (SSSR count). The molecule has 4 aromatic carbocycles. The minimum atomic E-state index is -0.289. The molecule has 3 aromatic heterocycles. The van der Waals surface area contributed by atoms with Crippen molar-refractivity contribution in [2.45, 2.75) is 27.2 Å². The number of aryl methyl sites for hydroxylation is 2. The van der Waals surface area contributed by atoms with Crippen molar-refractivity contribution in [3.05, 3.63) is 132 Å². The molecule has 7 heteroatoms. The van der Waals surface area contributed by atoms with E-state index in [4.69, 9.17) is 9.84 Å². The molecule has 214 valence electrons. The van der Waals surface area contributed by atoms with Crippen LogP contribution in [0.3, 0.4) is 0 Å². The minimum absolute atomic E-state index is 0. The van der Waals surface area contributed by atoms with Crippen molar-refractivity contribution in [3.8, 4) is 34.1 Å². The molecule has 0 aliphatic carbocycles. The molecule has 0 spiro atoms. The molecule has 0 aliphatic rings. The molecule has 0 atom stereocenters. The molecule has 7 aromatic rings. The smallest absolute Gasteiger partial charge is 0.509 e. The van der Waals surface area contributed by atoms with Gasteiger partial charge in [-0.25, -0.2) is 9.37 Å². The van der Waals surface area contributed by atoms with Crippen molar-refractivity contribution in [3.63, 3.8) is 0 Å². The molecule has 0 unspecified atom stereocenters. The summed E-state index contributed by atoms with van der Waals surface area (Å²) in [5, 5.41) is 6.48. The molecule has 3 heterocycles. The Kier molecular flexibility index (Phi) is 7.72. The number of aromatic nitrogens is 4.